The van der Waals surface area contributed by atoms with Gasteiger partial charge in [-0.15, -0.1) is 11.3 Å². The standard InChI is InChI=1S/C18H15N5O2S/c1-10-4-6-23(10)18-21-15(14-5-7-26-16(14)22-18)20-12-2-3-13(17(24)25)11(8-12)9-19/h2-3,5,7-8,10H,4,6H2,1H3,(H,24,25)(H,20,21,22)/t10-/m0/s1. The summed E-state index contributed by atoms with van der Waals surface area (Å²) < 4.78 is 0. The Kier molecular flexibility index (Phi) is 3.93. The summed E-state index contributed by atoms with van der Waals surface area (Å²) in [5, 5.41) is 24.4. The summed E-state index contributed by atoms with van der Waals surface area (Å²) in [6, 6.07) is 8.88. The second kappa shape index (κ2) is 6.28. The van der Waals surface area contributed by atoms with Crippen LogP contribution in [0.1, 0.15) is 29.3 Å². The molecule has 1 aliphatic rings. The van der Waals surface area contributed by atoms with Crippen LogP contribution in [0.4, 0.5) is 17.5 Å². The molecule has 0 unspecified atom stereocenters. The zero-order chi connectivity index (χ0) is 18.3. The number of benzene rings is 1. The van der Waals surface area contributed by atoms with Gasteiger partial charge in [0, 0.05) is 18.3 Å². The Morgan fingerprint density at radius 1 is 1.42 bits per heavy atom. The van der Waals surface area contributed by atoms with E-state index in [1.807, 2.05) is 17.5 Å². The van der Waals surface area contributed by atoms with Crippen molar-refractivity contribution in [1.29, 1.82) is 5.26 Å². The fraction of sp³-hybridized carbons (Fsp3) is 0.222. The van der Waals surface area contributed by atoms with Crippen LogP contribution in [-0.4, -0.2) is 33.6 Å². The average Bonchev–Trinajstić information content (AvgIpc) is 3.09. The number of carboxylic acids is 1. The van der Waals surface area contributed by atoms with E-state index in [-0.39, 0.29) is 11.1 Å². The van der Waals surface area contributed by atoms with E-state index in [0.717, 1.165) is 23.2 Å². The SMILES string of the molecule is C[C@H]1CCN1c1nc(Nc2ccc(C(=O)O)c(C#N)c2)c2ccsc2n1. The Balaban J connectivity index is 1.74. The first-order valence-corrected chi connectivity index (χ1v) is 9.01. The molecule has 0 radical (unpaired) electrons. The lowest BCUT2D eigenvalue weighted by molar-refractivity contribution is 0.0696. The van der Waals surface area contributed by atoms with Crippen LogP contribution in [0.15, 0.2) is 29.6 Å². The van der Waals surface area contributed by atoms with Crippen LogP contribution in [-0.2, 0) is 0 Å². The lowest BCUT2D eigenvalue weighted by atomic mass is 10.1. The van der Waals surface area contributed by atoms with E-state index >= 15 is 0 Å². The van der Waals surface area contributed by atoms with Gasteiger partial charge in [0.05, 0.1) is 16.5 Å². The largest absolute Gasteiger partial charge is 0.478 e. The van der Waals surface area contributed by atoms with Gasteiger partial charge in [-0.2, -0.15) is 10.2 Å². The molecule has 130 valence electrons. The molecule has 0 saturated carbocycles. The fourth-order valence-electron chi connectivity index (χ4n) is 2.92. The zero-order valence-electron chi connectivity index (χ0n) is 13.9. The number of nitrogens with zero attached hydrogens (tertiary/aromatic N) is 4. The number of carbonyl (C=O) groups is 1. The number of anilines is 3. The Labute approximate surface area is 153 Å². The van der Waals surface area contributed by atoms with Crippen LogP contribution < -0.4 is 10.2 Å². The molecule has 2 N–H and O–H groups in total. The number of hydrogen-bond donors (Lipinski definition) is 2. The maximum absolute atomic E-state index is 11.2. The number of fused-ring (bicyclic) bond motifs is 1. The molecular formula is C18H15N5O2S. The molecule has 8 heteroatoms. The van der Waals surface area contributed by atoms with Gasteiger partial charge >= 0.3 is 5.97 Å². The summed E-state index contributed by atoms with van der Waals surface area (Å²) in [6.07, 6.45) is 1.12. The molecule has 3 heterocycles. The number of thiophene rings is 1. The lowest BCUT2D eigenvalue weighted by Crippen LogP contribution is -2.46. The van der Waals surface area contributed by atoms with Crippen molar-refractivity contribution in [2.75, 3.05) is 16.8 Å². The third kappa shape index (κ3) is 2.72. The van der Waals surface area contributed by atoms with E-state index in [1.165, 1.54) is 12.1 Å². The van der Waals surface area contributed by atoms with Crippen molar-refractivity contribution in [2.24, 2.45) is 0 Å². The minimum atomic E-state index is -1.12. The first kappa shape index (κ1) is 16.3. The van der Waals surface area contributed by atoms with Gasteiger partial charge in [-0.3, -0.25) is 0 Å². The van der Waals surface area contributed by atoms with E-state index in [0.29, 0.717) is 23.5 Å². The molecule has 1 aromatic carbocycles. The highest BCUT2D eigenvalue weighted by atomic mass is 32.1. The summed E-state index contributed by atoms with van der Waals surface area (Å²) in [5.41, 5.74) is 0.701. The predicted octanol–water partition coefficient (Wildman–Crippen LogP) is 3.60. The van der Waals surface area contributed by atoms with Gasteiger partial charge in [-0.1, -0.05) is 0 Å². The van der Waals surface area contributed by atoms with Crippen molar-refractivity contribution in [2.45, 2.75) is 19.4 Å². The summed E-state index contributed by atoms with van der Waals surface area (Å²) in [6.45, 7) is 3.08. The van der Waals surface area contributed by atoms with Crippen LogP contribution in [0.2, 0.25) is 0 Å². The van der Waals surface area contributed by atoms with Crippen LogP contribution in [0.3, 0.4) is 0 Å². The molecule has 7 nitrogen and oxygen atoms in total. The Bertz CT molecular complexity index is 1060. The number of nitriles is 1. The molecule has 0 amide bonds. The van der Waals surface area contributed by atoms with Gasteiger partial charge in [0.2, 0.25) is 5.95 Å². The highest BCUT2D eigenvalue weighted by molar-refractivity contribution is 7.16. The Hall–Kier alpha value is -3.18. The van der Waals surface area contributed by atoms with E-state index < -0.39 is 5.97 Å². The molecule has 0 aliphatic carbocycles. The Morgan fingerprint density at radius 2 is 2.27 bits per heavy atom. The van der Waals surface area contributed by atoms with E-state index in [1.54, 1.807) is 17.4 Å². The van der Waals surface area contributed by atoms with E-state index in [9.17, 15) is 10.1 Å². The van der Waals surface area contributed by atoms with Gasteiger partial charge in [0.25, 0.3) is 0 Å². The molecule has 1 saturated heterocycles. The molecule has 1 fully saturated rings. The van der Waals surface area contributed by atoms with Crippen LogP contribution in [0, 0.1) is 11.3 Å². The molecule has 1 atom stereocenters. The third-order valence-electron chi connectivity index (χ3n) is 4.52. The Morgan fingerprint density at radius 3 is 2.92 bits per heavy atom. The topological polar surface area (TPSA) is 102 Å². The number of carboxylic acid groups (broad SMARTS) is 1. The van der Waals surface area contributed by atoms with Gasteiger partial charge < -0.3 is 15.3 Å². The highest BCUT2D eigenvalue weighted by Gasteiger charge is 2.27. The number of rotatable bonds is 4. The monoisotopic (exact) mass is 365 g/mol. The second-order valence-electron chi connectivity index (χ2n) is 6.15. The maximum atomic E-state index is 11.2. The molecule has 0 spiro atoms. The van der Waals surface area contributed by atoms with Gasteiger partial charge in [0.1, 0.15) is 16.7 Å². The zero-order valence-corrected chi connectivity index (χ0v) is 14.7. The molecule has 0 bridgehead atoms. The highest BCUT2D eigenvalue weighted by Crippen LogP contribution is 2.32. The van der Waals surface area contributed by atoms with Crippen molar-refractivity contribution in [3.8, 4) is 6.07 Å². The van der Waals surface area contributed by atoms with Gasteiger partial charge in [-0.25, -0.2) is 9.78 Å². The van der Waals surface area contributed by atoms with Crippen LogP contribution in [0.5, 0.6) is 0 Å². The predicted molar refractivity (Wildman–Crippen MR) is 100 cm³/mol. The maximum Gasteiger partial charge on any atom is 0.337 e. The number of nitrogens with one attached hydrogen (secondary N) is 1. The molecular weight excluding hydrogens is 350 g/mol. The molecule has 3 aromatic rings. The van der Waals surface area contributed by atoms with Crippen LogP contribution >= 0.6 is 11.3 Å². The molecule has 26 heavy (non-hydrogen) atoms. The van der Waals surface area contributed by atoms with Crippen molar-refractivity contribution in [3.63, 3.8) is 0 Å². The molecule has 4 rings (SSSR count). The number of hydrogen-bond acceptors (Lipinski definition) is 7. The van der Waals surface area contributed by atoms with Gasteiger partial charge in [0.15, 0.2) is 0 Å². The minimum absolute atomic E-state index is 0.0171. The van der Waals surface area contributed by atoms with Gasteiger partial charge in [-0.05, 0) is 43.0 Å². The van der Waals surface area contributed by atoms with Crippen molar-refractivity contribution < 1.29 is 9.90 Å². The minimum Gasteiger partial charge on any atom is -0.478 e. The van der Waals surface area contributed by atoms with Crippen LogP contribution in [0.25, 0.3) is 10.2 Å². The number of aromatic nitrogens is 2. The summed E-state index contributed by atoms with van der Waals surface area (Å²) in [7, 11) is 0. The molecule has 2 aromatic heterocycles. The van der Waals surface area contributed by atoms with E-state index in [2.05, 4.69) is 27.1 Å². The number of aromatic carboxylic acids is 1. The normalized spacial score (nSPS) is 16.2. The fourth-order valence-corrected chi connectivity index (χ4v) is 3.68. The average molecular weight is 365 g/mol. The first-order chi connectivity index (χ1) is 12.6. The van der Waals surface area contributed by atoms with Crippen molar-refractivity contribution in [3.05, 3.63) is 40.8 Å². The second-order valence-corrected chi connectivity index (χ2v) is 7.04. The molecule has 1 aliphatic heterocycles. The van der Waals surface area contributed by atoms with Crippen molar-refractivity contribution in [1.82, 2.24) is 9.97 Å². The summed E-state index contributed by atoms with van der Waals surface area (Å²) in [4.78, 5) is 23.5. The summed E-state index contributed by atoms with van der Waals surface area (Å²) in [5.74, 6) is 0.214. The van der Waals surface area contributed by atoms with E-state index in [4.69, 9.17) is 5.11 Å². The first-order valence-electron chi connectivity index (χ1n) is 8.13. The van der Waals surface area contributed by atoms with Crippen molar-refractivity contribution >= 4 is 45.0 Å². The quantitative estimate of drug-likeness (QED) is 0.728. The smallest absolute Gasteiger partial charge is 0.337 e. The lowest BCUT2D eigenvalue weighted by Gasteiger charge is -2.38. The summed E-state index contributed by atoms with van der Waals surface area (Å²) >= 11 is 1.55. The third-order valence-corrected chi connectivity index (χ3v) is 5.33.